The van der Waals surface area contributed by atoms with Crippen LogP contribution in [-0.2, 0) is 13.1 Å². The Morgan fingerprint density at radius 1 is 1.39 bits per heavy atom. The van der Waals surface area contributed by atoms with Crippen molar-refractivity contribution in [2.45, 2.75) is 38.4 Å². The molecule has 3 rings (SSSR count). The number of hydrogen-bond acceptors (Lipinski definition) is 5. The molecule has 2 aromatic rings. The van der Waals surface area contributed by atoms with Crippen LogP contribution < -0.4 is 0 Å². The fourth-order valence-electron chi connectivity index (χ4n) is 2.54. The third kappa shape index (κ3) is 2.76. The van der Waals surface area contributed by atoms with E-state index in [9.17, 15) is 0 Å². The van der Waals surface area contributed by atoms with E-state index in [1.54, 1.807) is 24.0 Å². The molecule has 0 saturated carbocycles. The van der Waals surface area contributed by atoms with E-state index in [0.717, 1.165) is 19.6 Å². The Morgan fingerprint density at radius 2 is 2.39 bits per heavy atom. The van der Waals surface area contributed by atoms with E-state index in [4.69, 9.17) is 0 Å². The molecule has 6 heteroatoms. The molecule has 96 valence electrons. The van der Waals surface area contributed by atoms with Crippen molar-refractivity contribution >= 4 is 11.3 Å². The first-order valence-electron chi connectivity index (χ1n) is 6.35. The predicted molar refractivity (Wildman–Crippen MR) is 70.2 cm³/mol. The summed E-state index contributed by atoms with van der Waals surface area (Å²) in [5.41, 5.74) is 3.09. The Bertz CT molecular complexity index is 409. The van der Waals surface area contributed by atoms with Gasteiger partial charge in [0, 0.05) is 18.0 Å². The Hall–Kier alpha value is -1.27. The van der Waals surface area contributed by atoms with Crippen LogP contribution in [0.5, 0.6) is 0 Å². The molecular formula is C12H17N5S. The zero-order valence-electron chi connectivity index (χ0n) is 10.3. The molecule has 1 aliphatic rings. The molecule has 0 radical (unpaired) electrons. The van der Waals surface area contributed by atoms with Gasteiger partial charge in [0.1, 0.15) is 12.7 Å². The molecule has 0 N–H and O–H groups in total. The van der Waals surface area contributed by atoms with E-state index in [2.05, 4.69) is 25.3 Å². The lowest BCUT2D eigenvalue weighted by Gasteiger charge is -2.35. The van der Waals surface area contributed by atoms with Crippen LogP contribution in [0, 0.1) is 0 Å². The summed E-state index contributed by atoms with van der Waals surface area (Å²) in [6, 6.07) is 0.558. The lowest BCUT2D eigenvalue weighted by molar-refractivity contribution is 0.120. The van der Waals surface area contributed by atoms with E-state index in [-0.39, 0.29) is 0 Å². The first-order valence-corrected chi connectivity index (χ1v) is 7.29. The van der Waals surface area contributed by atoms with Crippen molar-refractivity contribution in [3.63, 3.8) is 0 Å². The molecule has 1 fully saturated rings. The van der Waals surface area contributed by atoms with Crippen LogP contribution in [0.15, 0.2) is 23.5 Å². The zero-order valence-corrected chi connectivity index (χ0v) is 11.1. The lowest BCUT2D eigenvalue weighted by atomic mass is 10.0. The van der Waals surface area contributed by atoms with Crippen molar-refractivity contribution in [2.75, 3.05) is 6.54 Å². The normalized spacial score (nSPS) is 21.2. The topological polar surface area (TPSA) is 46.8 Å². The highest BCUT2D eigenvalue weighted by Crippen LogP contribution is 2.20. The third-order valence-electron chi connectivity index (χ3n) is 3.46. The highest BCUT2D eigenvalue weighted by molar-refractivity contribution is 7.07. The lowest BCUT2D eigenvalue weighted by Crippen LogP contribution is -2.41. The summed E-state index contributed by atoms with van der Waals surface area (Å²) in [5, 5.41) is 6.35. The Morgan fingerprint density at radius 3 is 3.17 bits per heavy atom. The zero-order chi connectivity index (χ0) is 12.2. The molecule has 3 heterocycles. The molecule has 0 bridgehead atoms. The van der Waals surface area contributed by atoms with E-state index in [0.29, 0.717) is 6.04 Å². The van der Waals surface area contributed by atoms with Gasteiger partial charge in [-0.1, -0.05) is 6.42 Å². The van der Waals surface area contributed by atoms with Gasteiger partial charge in [-0.3, -0.25) is 9.58 Å². The predicted octanol–water partition coefficient (Wildman–Crippen LogP) is 1.79. The van der Waals surface area contributed by atoms with Crippen LogP contribution >= 0.6 is 11.3 Å². The summed E-state index contributed by atoms with van der Waals surface area (Å²) in [6.45, 7) is 3.06. The van der Waals surface area contributed by atoms with Crippen molar-refractivity contribution < 1.29 is 0 Å². The van der Waals surface area contributed by atoms with Crippen LogP contribution in [-0.4, -0.2) is 37.2 Å². The SMILES string of the molecule is c1ncn(C[C@@H]2CCCCN2Cc2cscn2)n1. The number of hydrogen-bond donors (Lipinski definition) is 0. The maximum atomic E-state index is 4.38. The molecule has 0 unspecified atom stereocenters. The van der Waals surface area contributed by atoms with E-state index in [1.165, 1.54) is 25.0 Å². The van der Waals surface area contributed by atoms with Gasteiger partial charge >= 0.3 is 0 Å². The average molecular weight is 263 g/mol. The third-order valence-corrected chi connectivity index (χ3v) is 4.10. The van der Waals surface area contributed by atoms with Gasteiger partial charge in [0.15, 0.2) is 0 Å². The van der Waals surface area contributed by atoms with Gasteiger partial charge in [0.25, 0.3) is 0 Å². The first kappa shape index (κ1) is 11.8. The molecule has 0 spiro atoms. The van der Waals surface area contributed by atoms with Crippen molar-refractivity contribution in [2.24, 2.45) is 0 Å². The summed E-state index contributed by atoms with van der Waals surface area (Å²) in [5.74, 6) is 0. The Labute approximate surface area is 110 Å². The minimum absolute atomic E-state index is 0.558. The van der Waals surface area contributed by atoms with Gasteiger partial charge in [-0.2, -0.15) is 5.10 Å². The number of aromatic nitrogens is 4. The van der Waals surface area contributed by atoms with E-state index < -0.39 is 0 Å². The molecular weight excluding hydrogens is 246 g/mol. The van der Waals surface area contributed by atoms with Crippen LogP contribution in [0.25, 0.3) is 0 Å². The largest absolute Gasteiger partial charge is 0.293 e. The Kier molecular flexibility index (Phi) is 3.66. The summed E-state index contributed by atoms with van der Waals surface area (Å²) < 4.78 is 1.93. The van der Waals surface area contributed by atoms with Crippen molar-refractivity contribution in [3.05, 3.63) is 29.2 Å². The monoisotopic (exact) mass is 263 g/mol. The van der Waals surface area contributed by atoms with Crippen LogP contribution in [0.4, 0.5) is 0 Å². The summed E-state index contributed by atoms with van der Waals surface area (Å²) in [7, 11) is 0. The quantitative estimate of drug-likeness (QED) is 0.843. The van der Waals surface area contributed by atoms with E-state index in [1.807, 2.05) is 10.2 Å². The molecule has 18 heavy (non-hydrogen) atoms. The van der Waals surface area contributed by atoms with E-state index >= 15 is 0 Å². The average Bonchev–Trinajstić information content (AvgIpc) is 3.05. The minimum atomic E-state index is 0.558. The summed E-state index contributed by atoms with van der Waals surface area (Å²) in [4.78, 5) is 10.9. The van der Waals surface area contributed by atoms with Gasteiger partial charge < -0.3 is 0 Å². The molecule has 1 saturated heterocycles. The molecule has 0 aliphatic carbocycles. The maximum Gasteiger partial charge on any atom is 0.137 e. The second-order valence-corrected chi connectivity index (χ2v) is 5.44. The standard InChI is InChI=1S/C12H17N5S/c1-2-4-16(5-11-7-18-10-14-11)12(3-1)6-17-9-13-8-15-17/h7-10,12H,1-6H2/t12-/m0/s1. The second kappa shape index (κ2) is 5.58. The van der Waals surface area contributed by atoms with Gasteiger partial charge in [-0.05, 0) is 19.4 Å². The molecule has 5 nitrogen and oxygen atoms in total. The molecule has 0 aromatic carbocycles. The highest BCUT2D eigenvalue weighted by atomic mass is 32.1. The maximum absolute atomic E-state index is 4.38. The van der Waals surface area contributed by atoms with Crippen molar-refractivity contribution in [1.82, 2.24) is 24.6 Å². The van der Waals surface area contributed by atoms with Gasteiger partial charge in [0.2, 0.25) is 0 Å². The fraction of sp³-hybridized carbons (Fsp3) is 0.583. The molecule has 1 atom stereocenters. The van der Waals surface area contributed by atoms with Gasteiger partial charge in [0.05, 0.1) is 17.7 Å². The second-order valence-electron chi connectivity index (χ2n) is 4.72. The smallest absolute Gasteiger partial charge is 0.137 e. The summed E-state index contributed by atoms with van der Waals surface area (Å²) in [6.07, 6.45) is 7.25. The first-order chi connectivity index (χ1) is 8.92. The van der Waals surface area contributed by atoms with Gasteiger partial charge in [-0.15, -0.1) is 11.3 Å². The van der Waals surface area contributed by atoms with Crippen LogP contribution in [0.2, 0.25) is 0 Å². The molecule has 0 amide bonds. The Balaban J connectivity index is 1.66. The highest BCUT2D eigenvalue weighted by Gasteiger charge is 2.23. The number of nitrogens with zero attached hydrogens (tertiary/aromatic N) is 5. The van der Waals surface area contributed by atoms with Crippen molar-refractivity contribution in [3.8, 4) is 0 Å². The van der Waals surface area contributed by atoms with Crippen LogP contribution in [0.3, 0.4) is 0 Å². The van der Waals surface area contributed by atoms with Gasteiger partial charge in [-0.25, -0.2) is 9.97 Å². The number of rotatable bonds is 4. The number of piperidine rings is 1. The molecule has 1 aliphatic heterocycles. The summed E-state index contributed by atoms with van der Waals surface area (Å²) >= 11 is 1.67. The fourth-order valence-corrected chi connectivity index (χ4v) is 3.09. The minimum Gasteiger partial charge on any atom is -0.293 e. The number of likely N-dealkylation sites (tertiary alicyclic amines) is 1. The molecule has 2 aromatic heterocycles. The number of thiazole rings is 1. The van der Waals surface area contributed by atoms with Crippen molar-refractivity contribution in [1.29, 1.82) is 0 Å². The van der Waals surface area contributed by atoms with Crippen LogP contribution in [0.1, 0.15) is 25.0 Å².